The van der Waals surface area contributed by atoms with E-state index in [-0.39, 0.29) is 42.3 Å². The van der Waals surface area contributed by atoms with Crippen LogP contribution in [0, 0.1) is 17.8 Å². The highest BCUT2D eigenvalue weighted by molar-refractivity contribution is 5.85. The second-order valence-electron chi connectivity index (χ2n) is 9.67. The van der Waals surface area contributed by atoms with Gasteiger partial charge in [0, 0.05) is 38.1 Å². The molecule has 7 nitrogen and oxygen atoms in total. The summed E-state index contributed by atoms with van der Waals surface area (Å²) >= 11 is 0. The summed E-state index contributed by atoms with van der Waals surface area (Å²) in [6.45, 7) is 4.87. The van der Waals surface area contributed by atoms with Crippen molar-refractivity contribution in [3.63, 3.8) is 0 Å². The number of carbonyl (C=O) groups is 3. The Bertz CT molecular complexity index is 807. The van der Waals surface area contributed by atoms with E-state index in [2.05, 4.69) is 34.9 Å². The maximum absolute atomic E-state index is 13.3. The molecule has 3 atom stereocenters. The number of rotatable bonds is 5. The zero-order chi connectivity index (χ0) is 22.5. The molecule has 0 aromatic heterocycles. The minimum absolute atomic E-state index is 0.0176. The summed E-state index contributed by atoms with van der Waals surface area (Å²) < 4.78 is 0. The molecule has 2 heterocycles. The molecule has 3 aliphatic rings. The van der Waals surface area contributed by atoms with Crippen LogP contribution in [0.15, 0.2) is 30.3 Å². The lowest BCUT2D eigenvalue weighted by atomic mass is 9.89. The Balaban J connectivity index is 1.29. The van der Waals surface area contributed by atoms with E-state index in [9.17, 15) is 14.4 Å². The number of amides is 4. The average molecular weight is 441 g/mol. The van der Waals surface area contributed by atoms with Crippen LogP contribution in [0.4, 0.5) is 4.79 Å². The smallest absolute Gasteiger partial charge is 0.317 e. The number of likely N-dealkylation sites (tertiary alicyclic amines) is 1. The maximum Gasteiger partial charge on any atom is 0.317 e. The highest BCUT2D eigenvalue weighted by Crippen LogP contribution is 2.35. The van der Waals surface area contributed by atoms with Crippen LogP contribution < -0.4 is 10.6 Å². The van der Waals surface area contributed by atoms with Crippen LogP contribution in [0.3, 0.4) is 0 Å². The van der Waals surface area contributed by atoms with Gasteiger partial charge in [-0.05, 0) is 55.9 Å². The van der Waals surface area contributed by atoms with Crippen LogP contribution in [-0.4, -0.2) is 66.4 Å². The monoisotopic (exact) mass is 440 g/mol. The van der Waals surface area contributed by atoms with Gasteiger partial charge in [0.2, 0.25) is 11.8 Å². The summed E-state index contributed by atoms with van der Waals surface area (Å²) in [6.07, 6.45) is 5.45. The highest BCUT2D eigenvalue weighted by atomic mass is 16.2. The SMILES string of the molecule is CCCNC(=O)N1CC(=O)N[C@@H]2C[C@@H](C(=O)N3CCC(Cc4ccccc4)CC3)C[C@@H]2C1. The fraction of sp³-hybridized carbons (Fsp3) is 0.640. The van der Waals surface area contributed by atoms with Crippen molar-refractivity contribution in [2.45, 2.75) is 51.5 Å². The normalized spacial score (nSPS) is 26.3. The average Bonchev–Trinajstić information content (AvgIpc) is 3.12. The van der Waals surface area contributed by atoms with Gasteiger partial charge in [0.25, 0.3) is 0 Å². The van der Waals surface area contributed by atoms with E-state index in [1.807, 2.05) is 17.9 Å². The summed E-state index contributed by atoms with van der Waals surface area (Å²) in [5.41, 5.74) is 1.37. The molecule has 0 bridgehead atoms. The maximum atomic E-state index is 13.3. The molecule has 1 saturated carbocycles. The number of hydrogen-bond donors (Lipinski definition) is 2. The molecule has 0 unspecified atom stereocenters. The van der Waals surface area contributed by atoms with Gasteiger partial charge in [0.1, 0.15) is 6.54 Å². The quantitative estimate of drug-likeness (QED) is 0.738. The van der Waals surface area contributed by atoms with Gasteiger partial charge in [-0.2, -0.15) is 0 Å². The van der Waals surface area contributed by atoms with Gasteiger partial charge in [0.05, 0.1) is 0 Å². The van der Waals surface area contributed by atoms with E-state index in [4.69, 9.17) is 0 Å². The molecule has 1 aromatic rings. The lowest BCUT2D eigenvalue weighted by molar-refractivity contribution is -0.137. The van der Waals surface area contributed by atoms with Crippen LogP contribution in [0.2, 0.25) is 0 Å². The molecule has 2 aliphatic heterocycles. The lowest BCUT2D eigenvalue weighted by Gasteiger charge is -2.34. The second-order valence-corrected chi connectivity index (χ2v) is 9.67. The summed E-state index contributed by atoms with van der Waals surface area (Å²) in [5, 5.41) is 5.94. The first-order valence-corrected chi connectivity index (χ1v) is 12.2. The van der Waals surface area contributed by atoms with E-state index in [0.29, 0.717) is 25.4 Å². The minimum Gasteiger partial charge on any atom is -0.351 e. The highest BCUT2D eigenvalue weighted by Gasteiger charge is 2.43. The van der Waals surface area contributed by atoms with Crippen LogP contribution in [0.1, 0.15) is 44.6 Å². The summed E-state index contributed by atoms with van der Waals surface area (Å²) in [6, 6.07) is 10.4. The molecular formula is C25H36N4O3. The van der Waals surface area contributed by atoms with Crippen molar-refractivity contribution in [2.75, 3.05) is 32.7 Å². The topological polar surface area (TPSA) is 81.8 Å². The number of urea groups is 1. The first-order chi connectivity index (χ1) is 15.5. The van der Waals surface area contributed by atoms with Crippen LogP contribution in [0.25, 0.3) is 0 Å². The van der Waals surface area contributed by atoms with Crippen molar-refractivity contribution in [3.8, 4) is 0 Å². The first kappa shape index (κ1) is 22.6. The van der Waals surface area contributed by atoms with Gasteiger partial charge in [-0.15, -0.1) is 0 Å². The van der Waals surface area contributed by atoms with E-state index in [1.54, 1.807) is 4.90 Å². The van der Waals surface area contributed by atoms with Crippen LogP contribution >= 0.6 is 0 Å². The number of fused-ring (bicyclic) bond motifs is 1. The van der Waals surface area contributed by atoms with Gasteiger partial charge in [-0.3, -0.25) is 9.59 Å². The lowest BCUT2D eigenvalue weighted by Crippen LogP contribution is -2.45. The third kappa shape index (κ3) is 5.43. The molecule has 1 aliphatic carbocycles. The minimum atomic E-state index is -0.182. The van der Waals surface area contributed by atoms with Gasteiger partial charge in [0.15, 0.2) is 0 Å². The van der Waals surface area contributed by atoms with Gasteiger partial charge < -0.3 is 20.4 Å². The Labute approximate surface area is 190 Å². The zero-order valence-corrected chi connectivity index (χ0v) is 19.1. The third-order valence-corrected chi connectivity index (χ3v) is 7.29. The van der Waals surface area contributed by atoms with Crippen molar-refractivity contribution in [1.82, 2.24) is 20.4 Å². The van der Waals surface area contributed by atoms with Crippen LogP contribution in [0.5, 0.6) is 0 Å². The number of nitrogens with one attached hydrogen (secondary N) is 2. The molecule has 1 aromatic carbocycles. The summed E-state index contributed by atoms with van der Waals surface area (Å²) in [5.74, 6) is 0.810. The molecule has 0 spiro atoms. The van der Waals surface area contributed by atoms with E-state index >= 15 is 0 Å². The molecule has 4 rings (SSSR count). The van der Waals surface area contributed by atoms with Crippen LogP contribution in [-0.2, 0) is 16.0 Å². The predicted molar refractivity (Wildman–Crippen MR) is 123 cm³/mol. The van der Waals surface area contributed by atoms with Gasteiger partial charge in [-0.1, -0.05) is 37.3 Å². The fourth-order valence-electron chi connectivity index (χ4n) is 5.54. The van der Waals surface area contributed by atoms with Gasteiger partial charge in [-0.25, -0.2) is 4.79 Å². The third-order valence-electron chi connectivity index (χ3n) is 7.29. The zero-order valence-electron chi connectivity index (χ0n) is 19.1. The molecule has 4 amide bonds. The van der Waals surface area contributed by atoms with Crippen molar-refractivity contribution < 1.29 is 14.4 Å². The Morgan fingerprint density at radius 3 is 2.56 bits per heavy atom. The fourth-order valence-corrected chi connectivity index (χ4v) is 5.54. The van der Waals surface area contributed by atoms with Crippen molar-refractivity contribution >= 4 is 17.8 Å². The molecule has 32 heavy (non-hydrogen) atoms. The Morgan fingerprint density at radius 2 is 1.84 bits per heavy atom. The van der Waals surface area contributed by atoms with E-state index in [0.717, 1.165) is 45.2 Å². The molecule has 2 N–H and O–H groups in total. The molecule has 174 valence electrons. The first-order valence-electron chi connectivity index (χ1n) is 12.2. The van der Waals surface area contributed by atoms with Crippen molar-refractivity contribution in [1.29, 1.82) is 0 Å². The predicted octanol–water partition coefficient (Wildman–Crippen LogP) is 2.41. The second kappa shape index (κ2) is 10.4. The van der Waals surface area contributed by atoms with Crippen molar-refractivity contribution in [3.05, 3.63) is 35.9 Å². The molecule has 7 heteroatoms. The standard InChI is InChI=1S/C25H36N4O3/c1-2-10-26-25(32)29-16-21-14-20(15-22(21)27-23(30)17-29)24(31)28-11-8-19(9-12-28)13-18-6-4-3-5-7-18/h3-7,19-22H,2,8-17H2,1H3,(H,26,32)(H,27,30)/t20-,21+,22+/m0/s1. The molecule has 0 radical (unpaired) electrons. The largest absolute Gasteiger partial charge is 0.351 e. The summed E-state index contributed by atoms with van der Waals surface area (Å²) in [4.78, 5) is 41.7. The molecule has 2 saturated heterocycles. The Morgan fingerprint density at radius 1 is 1.09 bits per heavy atom. The Hall–Kier alpha value is -2.57. The number of piperidine rings is 1. The molecular weight excluding hydrogens is 404 g/mol. The molecule has 3 fully saturated rings. The number of hydrogen-bond acceptors (Lipinski definition) is 3. The number of nitrogens with zero attached hydrogens (tertiary/aromatic N) is 2. The van der Waals surface area contributed by atoms with Gasteiger partial charge >= 0.3 is 6.03 Å². The van der Waals surface area contributed by atoms with Crippen molar-refractivity contribution in [2.24, 2.45) is 17.8 Å². The number of benzene rings is 1. The Kier molecular flexibility index (Phi) is 7.33. The number of carbonyl (C=O) groups excluding carboxylic acids is 3. The van der Waals surface area contributed by atoms with E-state index < -0.39 is 0 Å². The summed E-state index contributed by atoms with van der Waals surface area (Å²) in [7, 11) is 0. The van der Waals surface area contributed by atoms with E-state index in [1.165, 1.54) is 5.56 Å².